The van der Waals surface area contributed by atoms with E-state index in [1.165, 1.54) is 0 Å². The van der Waals surface area contributed by atoms with E-state index in [4.69, 9.17) is 41.9 Å². The van der Waals surface area contributed by atoms with E-state index in [2.05, 4.69) is 0 Å². The second kappa shape index (κ2) is 11.0. The Hall–Kier alpha value is -0.600. The molecule has 15 N–H and O–H groups in total. The fraction of sp³-hybridized carbons (Fsp3) is 1.00. The average molecular weight is 485 g/mol. The number of hydrogen-bond donors (Lipinski definition) is 11. The highest BCUT2D eigenvalue weighted by atomic mass is 16.7. The summed E-state index contributed by atoms with van der Waals surface area (Å²) in [6.45, 7) is -0.763. The second-order valence-corrected chi connectivity index (χ2v) is 8.79. The van der Waals surface area contributed by atoms with Crippen molar-refractivity contribution < 1.29 is 54.7 Å². The highest BCUT2D eigenvalue weighted by Crippen LogP contribution is 2.31. The molecule has 0 aromatic rings. The van der Waals surface area contributed by atoms with E-state index in [-0.39, 0.29) is 13.0 Å². The van der Waals surface area contributed by atoms with Crippen LogP contribution < -0.4 is 22.9 Å². The Morgan fingerprint density at radius 2 is 1.18 bits per heavy atom. The zero-order valence-electron chi connectivity index (χ0n) is 17.9. The molecular weight excluding hydrogens is 448 g/mol. The summed E-state index contributed by atoms with van der Waals surface area (Å²) in [6, 6.07) is -2.86. The van der Waals surface area contributed by atoms with Crippen LogP contribution in [0.1, 0.15) is 6.42 Å². The molecule has 2 aliphatic heterocycles. The van der Waals surface area contributed by atoms with Crippen LogP contribution in [0, 0.1) is 0 Å². The van der Waals surface area contributed by atoms with E-state index in [1.807, 2.05) is 0 Å². The van der Waals surface area contributed by atoms with Crippen LogP contribution in [0.5, 0.6) is 0 Å². The summed E-state index contributed by atoms with van der Waals surface area (Å²) in [5, 5.41) is 70.9. The monoisotopic (exact) mass is 484 g/mol. The lowest BCUT2D eigenvalue weighted by molar-refractivity contribution is -0.332. The Morgan fingerprint density at radius 3 is 1.70 bits per heavy atom. The predicted octanol–water partition coefficient (Wildman–Crippen LogP) is -7.29. The zero-order chi connectivity index (χ0) is 24.6. The van der Waals surface area contributed by atoms with Gasteiger partial charge in [0.2, 0.25) is 0 Å². The molecule has 1 saturated carbocycles. The van der Waals surface area contributed by atoms with Crippen LogP contribution in [0.3, 0.4) is 0 Å². The Kier molecular flexibility index (Phi) is 8.99. The molecule has 0 spiro atoms. The Morgan fingerprint density at radius 1 is 0.667 bits per heavy atom. The fourth-order valence-corrected chi connectivity index (χ4v) is 4.40. The van der Waals surface area contributed by atoms with Crippen molar-refractivity contribution in [2.24, 2.45) is 22.9 Å². The summed E-state index contributed by atoms with van der Waals surface area (Å²) in [5.41, 5.74) is 23.5. The quantitative estimate of drug-likeness (QED) is 0.167. The number of nitrogens with two attached hydrogens (primary N) is 4. The van der Waals surface area contributed by atoms with Crippen LogP contribution in [-0.2, 0) is 18.9 Å². The van der Waals surface area contributed by atoms with E-state index in [0.717, 1.165) is 0 Å². The molecule has 2 heterocycles. The first-order valence-corrected chi connectivity index (χ1v) is 10.8. The highest BCUT2D eigenvalue weighted by Gasteiger charge is 2.51. The summed E-state index contributed by atoms with van der Waals surface area (Å²) in [4.78, 5) is 0. The standard InChI is InChI=1S/C18H36N4O11/c19-2-6-10(25)12(27)13(28)18(30-6)33-16-5(21)1-4(20)15(14(16)29)32-17-11(26)8(22)9(24)7(3-23)31-17/h4-18,23-29H,1-3,19-22H2/t4-,5-,6?,7?,8-,9-,10-,11?,12-,13?,14?,15?,16-,17-,18-/m1/s1. The van der Waals surface area contributed by atoms with Gasteiger partial charge in [0.15, 0.2) is 12.6 Å². The van der Waals surface area contributed by atoms with Crippen LogP contribution in [0.4, 0.5) is 0 Å². The molecule has 1 aliphatic carbocycles. The van der Waals surface area contributed by atoms with Gasteiger partial charge >= 0.3 is 0 Å². The third kappa shape index (κ3) is 5.32. The van der Waals surface area contributed by atoms with E-state index in [1.54, 1.807) is 0 Å². The van der Waals surface area contributed by atoms with Gasteiger partial charge in [0.05, 0.1) is 12.6 Å². The molecule has 3 fully saturated rings. The molecule has 6 unspecified atom stereocenters. The molecule has 0 radical (unpaired) electrons. The molecular formula is C18H36N4O11. The molecule has 3 rings (SSSR count). The van der Waals surface area contributed by atoms with Gasteiger partial charge < -0.3 is 77.6 Å². The maximum atomic E-state index is 10.9. The molecule has 0 amide bonds. The third-order valence-corrected chi connectivity index (χ3v) is 6.48. The van der Waals surface area contributed by atoms with Crippen LogP contribution in [0.25, 0.3) is 0 Å². The van der Waals surface area contributed by atoms with E-state index >= 15 is 0 Å². The van der Waals surface area contributed by atoms with Gasteiger partial charge in [0, 0.05) is 18.6 Å². The fourth-order valence-electron chi connectivity index (χ4n) is 4.40. The summed E-state index contributed by atoms with van der Waals surface area (Å²) >= 11 is 0. The lowest BCUT2D eigenvalue weighted by Gasteiger charge is -2.48. The van der Waals surface area contributed by atoms with Gasteiger partial charge in [-0.2, -0.15) is 0 Å². The summed E-state index contributed by atoms with van der Waals surface area (Å²) in [6.07, 6.45) is -16.5. The molecule has 0 aromatic carbocycles. The minimum absolute atomic E-state index is 0.0849. The lowest BCUT2D eigenvalue weighted by Crippen LogP contribution is -2.68. The third-order valence-electron chi connectivity index (χ3n) is 6.48. The SMILES string of the molecule is NCC1O[C@H](O[C@H]2C(O)C(O[C@H]3OC(CO)[C@@H](O)[C@@H](N)C3O)[C@H](N)C[C@H]2N)C(O)[C@H](O)[C@@H]1O. The Balaban J connectivity index is 1.72. The van der Waals surface area contributed by atoms with Gasteiger partial charge in [-0.3, -0.25) is 0 Å². The Bertz CT molecular complexity index is 584. The smallest absolute Gasteiger partial charge is 0.187 e. The summed E-state index contributed by atoms with van der Waals surface area (Å²) < 4.78 is 22.2. The largest absolute Gasteiger partial charge is 0.394 e. The lowest BCUT2D eigenvalue weighted by atomic mass is 9.84. The number of aliphatic hydroxyl groups excluding tert-OH is 7. The number of hydrogen-bond acceptors (Lipinski definition) is 15. The van der Waals surface area contributed by atoms with Gasteiger partial charge in [-0.05, 0) is 6.42 Å². The first kappa shape index (κ1) is 27.0. The van der Waals surface area contributed by atoms with Crippen molar-refractivity contribution in [3.05, 3.63) is 0 Å². The van der Waals surface area contributed by atoms with Crippen LogP contribution in [0.15, 0.2) is 0 Å². The van der Waals surface area contributed by atoms with Gasteiger partial charge in [-0.15, -0.1) is 0 Å². The first-order chi connectivity index (χ1) is 15.5. The molecule has 15 heteroatoms. The van der Waals surface area contributed by atoms with E-state index in [9.17, 15) is 35.7 Å². The molecule has 0 bridgehead atoms. The zero-order valence-corrected chi connectivity index (χ0v) is 17.9. The van der Waals surface area contributed by atoms with E-state index < -0.39 is 98.4 Å². The van der Waals surface area contributed by atoms with Crippen molar-refractivity contribution in [2.75, 3.05) is 13.2 Å². The molecule has 15 atom stereocenters. The van der Waals surface area contributed by atoms with Gasteiger partial charge in [0.1, 0.15) is 61.0 Å². The average Bonchev–Trinajstić information content (AvgIpc) is 2.79. The van der Waals surface area contributed by atoms with E-state index in [0.29, 0.717) is 0 Å². The van der Waals surface area contributed by atoms with Crippen molar-refractivity contribution in [3.8, 4) is 0 Å². The van der Waals surface area contributed by atoms with Crippen molar-refractivity contribution in [1.82, 2.24) is 0 Å². The minimum atomic E-state index is -1.66. The molecule has 3 aliphatic rings. The van der Waals surface area contributed by atoms with Crippen molar-refractivity contribution in [2.45, 2.75) is 98.2 Å². The predicted molar refractivity (Wildman–Crippen MR) is 108 cm³/mol. The van der Waals surface area contributed by atoms with Crippen molar-refractivity contribution in [1.29, 1.82) is 0 Å². The molecule has 33 heavy (non-hydrogen) atoms. The van der Waals surface area contributed by atoms with Gasteiger partial charge in [-0.1, -0.05) is 0 Å². The first-order valence-electron chi connectivity index (χ1n) is 10.8. The molecule has 2 saturated heterocycles. The summed E-state index contributed by atoms with van der Waals surface area (Å²) in [5.74, 6) is 0. The highest BCUT2D eigenvalue weighted by molar-refractivity contribution is 5.01. The van der Waals surface area contributed by atoms with Crippen molar-refractivity contribution >= 4 is 0 Å². The molecule has 194 valence electrons. The van der Waals surface area contributed by atoms with Crippen molar-refractivity contribution in [3.63, 3.8) is 0 Å². The minimum Gasteiger partial charge on any atom is -0.394 e. The maximum Gasteiger partial charge on any atom is 0.187 e. The Labute approximate surface area is 189 Å². The van der Waals surface area contributed by atoms with Gasteiger partial charge in [-0.25, -0.2) is 0 Å². The van der Waals surface area contributed by atoms with Crippen LogP contribution in [-0.4, -0.2) is 141 Å². The normalized spacial score (nSPS) is 53.7. The molecule has 15 nitrogen and oxygen atoms in total. The van der Waals surface area contributed by atoms with Crippen LogP contribution in [0.2, 0.25) is 0 Å². The second-order valence-electron chi connectivity index (χ2n) is 8.79. The summed E-state index contributed by atoms with van der Waals surface area (Å²) in [7, 11) is 0. The molecule has 0 aromatic heterocycles. The number of ether oxygens (including phenoxy) is 4. The number of aliphatic hydroxyl groups is 7. The topological polar surface area (TPSA) is 283 Å². The van der Waals surface area contributed by atoms with Crippen LogP contribution >= 0.6 is 0 Å². The number of rotatable bonds is 6. The van der Waals surface area contributed by atoms with Gasteiger partial charge in [0.25, 0.3) is 0 Å². The maximum absolute atomic E-state index is 10.9.